The molecular formula is C18H16IN3OS. The number of aromatic nitrogens is 1. The van der Waals surface area contributed by atoms with Crippen molar-refractivity contribution in [3.8, 4) is 0 Å². The van der Waals surface area contributed by atoms with E-state index in [-0.39, 0.29) is 5.91 Å². The Morgan fingerprint density at radius 3 is 2.88 bits per heavy atom. The number of hydrogen-bond donors (Lipinski definition) is 2. The third-order valence-electron chi connectivity index (χ3n) is 4.33. The van der Waals surface area contributed by atoms with Crippen LogP contribution in [0.2, 0.25) is 0 Å². The Bertz CT molecular complexity index is 951. The third kappa shape index (κ3) is 2.77. The van der Waals surface area contributed by atoms with Gasteiger partial charge < -0.3 is 11.1 Å². The van der Waals surface area contributed by atoms with Gasteiger partial charge >= 0.3 is 0 Å². The van der Waals surface area contributed by atoms with Crippen LogP contribution in [0.4, 0.5) is 11.4 Å². The third-order valence-corrected chi connectivity index (χ3v) is 6.38. The van der Waals surface area contributed by atoms with Crippen molar-refractivity contribution >= 4 is 61.4 Å². The molecule has 6 heteroatoms. The number of nitrogen functional groups attached to an aromatic ring is 1. The van der Waals surface area contributed by atoms with Crippen molar-refractivity contribution < 1.29 is 4.79 Å². The van der Waals surface area contributed by atoms with E-state index in [4.69, 9.17) is 10.7 Å². The van der Waals surface area contributed by atoms with E-state index in [0.29, 0.717) is 10.6 Å². The molecule has 4 nitrogen and oxygen atoms in total. The van der Waals surface area contributed by atoms with Gasteiger partial charge in [0.05, 0.1) is 11.4 Å². The summed E-state index contributed by atoms with van der Waals surface area (Å²) < 4.78 is 0.997. The lowest BCUT2D eigenvalue weighted by Crippen LogP contribution is -2.12. The number of pyridine rings is 1. The van der Waals surface area contributed by atoms with Crippen LogP contribution in [0.1, 0.15) is 33.8 Å². The predicted octanol–water partition coefficient (Wildman–Crippen LogP) is 4.61. The zero-order chi connectivity index (χ0) is 16.7. The number of nitrogens with zero attached hydrogens (tertiary/aromatic N) is 1. The summed E-state index contributed by atoms with van der Waals surface area (Å²) in [6.07, 6.45) is 4.46. The number of nitrogens with two attached hydrogens (primary N) is 1. The molecule has 0 fully saturated rings. The molecule has 122 valence electrons. The lowest BCUT2D eigenvalue weighted by atomic mass is 9.95. The number of carbonyl (C=O) groups is 1. The fourth-order valence-corrected chi connectivity index (χ4v) is 4.58. The van der Waals surface area contributed by atoms with Gasteiger partial charge in [-0.15, -0.1) is 11.3 Å². The lowest BCUT2D eigenvalue weighted by molar-refractivity contribution is 0.103. The summed E-state index contributed by atoms with van der Waals surface area (Å²) in [5.41, 5.74) is 10.1. The summed E-state index contributed by atoms with van der Waals surface area (Å²) in [4.78, 5) is 18.8. The van der Waals surface area contributed by atoms with Gasteiger partial charge in [-0.3, -0.25) is 4.79 Å². The summed E-state index contributed by atoms with van der Waals surface area (Å²) in [7, 11) is 0. The molecule has 1 aliphatic rings. The highest BCUT2D eigenvalue weighted by Crippen LogP contribution is 2.36. The first-order valence-corrected chi connectivity index (χ1v) is 9.79. The van der Waals surface area contributed by atoms with Gasteiger partial charge in [0.2, 0.25) is 0 Å². The van der Waals surface area contributed by atoms with Crippen molar-refractivity contribution in [3.63, 3.8) is 0 Å². The molecule has 1 aliphatic carbocycles. The van der Waals surface area contributed by atoms with Crippen LogP contribution in [0.5, 0.6) is 0 Å². The summed E-state index contributed by atoms with van der Waals surface area (Å²) in [6, 6.07) is 9.83. The Kier molecular flexibility index (Phi) is 4.17. The molecule has 1 amide bonds. The normalized spacial score (nSPS) is 13.7. The number of aryl methyl sites for hydroxylation is 2. The van der Waals surface area contributed by atoms with Gasteiger partial charge in [0.1, 0.15) is 9.71 Å². The Morgan fingerprint density at radius 2 is 2.04 bits per heavy atom. The van der Waals surface area contributed by atoms with Crippen molar-refractivity contribution in [1.82, 2.24) is 4.98 Å². The van der Waals surface area contributed by atoms with Crippen LogP contribution in [0.25, 0.3) is 10.2 Å². The maximum Gasteiger partial charge on any atom is 0.267 e. The van der Waals surface area contributed by atoms with Crippen LogP contribution in [-0.4, -0.2) is 10.9 Å². The van der Waals surface area contributed by atoms with Crippen LogP contribution >= 0.6 is 33.9 Å². The Balaban J connectivity index is 1.72. The molecule has 4 rings (SSSR count). The molecule has 3 N–H and O–H groups in total. The van der Waals surface area contributed by atoms with Crippen molar-refractivity contribution in [2.75, 3.05) is 11.1 Å². The fraction of sp³-hybridized carbons (Fsp3) is 0.222. The summed E-state index contributed by atoms with van der Waals surface area (Å²) in [5, 5.41) is 3.86. The Morgan fingerprint density at radius 1 is 1.25 bits per heavy atom. The smallest absolute Gasteiger partial charge is 0.267 e. The first-order chi connectivity index (χ1) is 11.6. The number of amides is 1. The number of anilines is 2. The van der Waals surface area contributed by atoms with Crippen LogP contribution in [0, 0.1) is 3.57 Å². The van der Waals surface area contributed by atoms with E-state index in [1.807, 2.05) is 24.3 Å². The van der Waals surface area contributed by atoms with E-state index in [1.165, 1.54) is 35.4 Å². The average Bonchev–Trinajstić information content (AvgIpc) is 2.91. The number of carbonyl (C=O) groups excluding carboxylic acids is 1. The number of rotatable bonds is 2. The van der Waals surface area contributed by atoms with Gasteiger partial charge in [0.15, 0.2) is 0 Å². The van der Waals surface area contributed by atoms with Gasteiger partial charge in [-0.05, 0) is 72.0 Å². The SMILES string of the molecule is Nc1c(C(=O)Nc2ccccc2I)sc2nc3c(cc12)CCCC3. The van der Waals surface area contributed by atoms with E-state index >= 15 is 0 Å². The molecule has 0 aliphatic heterocycles. The number of halogens is 1. The number of benzene rings is 1. The van der Waals surface area contributed by atoms with Crippen molar-refractivity contribution in [3.05, 3.63) is 50.0 Å². The molecule has 0 unspecified atom stereocenters. The second-order valence-electron chi connectivity index (χ2n) is 5.93. The Hall–Kier alpha value is -1.67. The number of hydrogen-bond acceptors (Lipinski definition) is 4. The van der Waals surface area contributed by atoms with Gasteiger partial charge in [0.25, 0.3) is 5.91 Å². The van der Waals surface area contributed by atoms with E-state index in [2.05, 4.69) is 34.0 Å². The molecule has 2 aromatic heterocycles. The first-order valence-electron chi connectivity index (χ1n) is 7.90. The molecule has 0 bridgehead atoms. The minimum absolute atomic E-state index is 0.169. The molecular weight excluding hydrogens is 433 g/mol. The molecule has 24 heavy (non-hydrogen) atoms. The van der Waals surface area contributed by atoms with E-state index < -0.39 is 0 Å². The highest BCUT2D eigenvalue weighted by Gasteiger charge is 2.20. The minimum atomic E-state index is -0.169. The van der Waals surface area contributed by atoms with Gasteiger partial charge in [-0.25, -0.2) is 4.98 Å². The molecule has 2 heterocycles. The van der Waals surface area contributed by atoms with Crippen molar-refractivity contribution in [2.24, 2.45) is 0 Å². The highest BCUT2D eigenvalue weighted by molar-refractivity contribution is 14.1. The molecule has 1 aromatic carbocycles. The molecule has 3 aromatic rings. The fourth-order valence-electron chi connectivity index (χ4n) is 3.07. The second kappa shape index (κ2) is 6.33. The number of thiophene rings is 1. The first kappa shape index (κ1) is 15.8. The van der Waals surface area contributed by atoms with Crippen LogP contribution in [0.15, 0.2) is 30.3 Å². The average molecular weight is 449 g/mol. The maximum absolute atomic E-state index is 12.7. The zero-order valence-electron chi connectivity index (χ0n) is 12.9. The summed E-state index contributed by atoms with van der Waals surface area (Å²) in [6.45, 7) is 0. The molecule has 0 spiro atoms. The van der Waals surface area contributed by atoms with Crippen molar-refractivity contribution in [2.45, 2.75) is 25.7 Å². The van der Waals surface area contributed by atoms with Gasteiger partial charge in [0, 0.05) is 14.7 Å². The standard InChI is InChI=1S/C18H16IN3OS/c19-12-6-2-4-8-14(12)21-17(23)16-15(20)11-9-10-5-1-3-7-13(10)22-18(11)24-16/h2,4,6,8-9H,1,3,5,7,20H2,(H,21,23). The lowest BCUT2D eigenvalue weighted by Gasteiger charge is -2.14. The zero-order valence-corrected chi connectivity index (χ0v) is 15.9. The molecule has 0 atom stereocenters. The number of para-hydroxylation sites is 1. The maximum atomic E-state index is 12.7. The second-order valence-corrected chi connectivity index (χ2v) is 8.09. The van der Waals surface area contributed by atoms with Crippen molar-refractivity contribution in [1.29, 1.82) is 0 Å². The largest absolute Gasteiger partial charge is 0.397 e. The number of fused-ring (bicyclic) bond motifs is 2. The van der Waals surface area contributed by atoms with Crippen LogP contribution in [-0.2, 0) is 12.8 Å². The topological polar surface area (TPSA) is 68.0 Å². The molecule has 0 radical (unpaired) electrons. The molecule has 0 saturated heterocycles. The summed E-state index contributed by atoms with van der Waals surface area (Å²) in [5.74, 6) is -0.169. The monoisotopic (exact) mass is 449 g/mol. The molecule has 0 saturated carbocycles. The van der Waals surface area contributed by atoms with Crippen LogP contribution < -0.4 is 11.1 Å². The Labute approximate surface area is 157 Å². The van der Waals surface area contributed by atoms with Crippen LogP contribution in [0.3, 0.4) is 0 Å². The van der Waals surface area contributed by atoms with E-state index in [1.54, 1.807) is 0 Å². The van der Waals surface area contributed by atoms with Gasteiger partial charge in [-0.1, -0.05) is 12.1 Å². The minimum Gasteiger partial charge on any atom is -0.397 e. The van der Waals surface area contributed by atoms with E-state index in [9.17, 15) is 4.79 Å². The quantitative estimate of drug-likeness (QED) is 0.562. The van der Waals surface area contributed by atoms with Gasteiger partial charge in [-0.2, -0.15) is 0 Å². The summed E-state index contributed by atoms with van der Waals surface area (Å²) >= 11 is 3.59. The van der Waals surface area contributed by atoms with E-state index in [0.717, 1.165) is 32.3 Å². The predicted molar refractivity (Wildman–Crippen MR) is 108 cm³/mol. The highest BCUT2D eigenvalue weighted by atomic mass is 127. The number of nitrogens with one attached hydrogen (secondary N) is 1.